The fourth-order valence-electron chi connectivity index (χ4n) is 3.33. The van der Waals surface area contributed by atoms with Crippen LogP contribution in [0.15, 0.2) is 23.6 Å². The van der Waals surface area contributed by atoms with Crippen LogP contribution in [0.2, 0.25) is 0 Å². The summed E-state index contributed by atoms with van der Waals surface area (Å²) in [5, 5.41) is 0.401. The van der Waals surface area contributed by atoms with Crippen LogP contribution in [-0.2, 0) is 22.5 Å². The number of fused-ring (bicyclic) bond motifs is 1. The molecule has 29 heavy (non-hydrogen) atoms. The van der Waals surface area contributed by atoms with Gasteiger partial charge >= 0.3 is 5.16 Å². The van der Waals surface area contributed by atoms with Crippen molar-refractivity contribution in [3.05, 3.63) is 35.5 Å². The highest BCUT2D eigenvalue weighted by atomic mass is 32.2. The third-order valence-electron chi connectivity index (χ3n) is 5.10. The van der Waals surface area contributed by atoms with Gasteiger partial charge in [-0.25, -0.2) is 9.97 Å². The quantitative estimate of drug-likeness (QED) is 0.324. The van der Waals surface area contributed by atoms with Crippen molar-refractivity contribution < 1.29 is 9.29 Å². The molecule has 0 aliphatic heterocycles. The van der Waals surface area contributed by atoms with E-state index in [1.54, 1.807) is 25.6 Å². The number of unbranched alkanes of at least 4 members (excludes halogenated alkanes) is 2. The summed E-state index contributed by atoms with van der Waals surface area (Å²) in [6, 6.07) is 1.72. The van der Waals surface area contributed by atoms with E-state index in [9.17, 15) is 4.55 Å². The standard InChI is InChI=1S/C20H28N6O2S/c1-13-14(2)24-18(21)16-17(13)26(19(25-16)15(3)28-4)11-6-5-7-12-29(27)20-22-9-8-10-23-20/h8-10,15H,5-7,11-12H2,1-4H3,(H2,21,24). The van der Waals surface area contributed by atoms with Crippen molar-refractivity contribution in [2.24, 2.45) is 0 Å². The van der Waals surface area contributed by atoms with Gasteiger partial charge in [0.05, 0.1) is 5.52 Å². The zero-order chi connectivity index (χ0) is 21.0. The average Bonchev–Trinajstić information content (AvgIpc) is 3.12. The van der Waals surface area contributed by atoms with Crippen molar-refractivity contribution in [2.45, 2.75) is 57.8 Å². The largest absolute Gasteiger partial charge is 0.609 e. The molecule has 0 radical (unpaired) electrons. The average molecular weight is 417 g/mol. The van der Waals surface area contributed by atoms with E-state index in [0.29, 0.717) is 16.7 Å². The van der Waals surface area contributed by atoms with Crippen LogP contribution >= 0.6 is 0 Å². The van der Waals surface area contributed by atoms with E-state index >= 15 is 0 Å². The Kier molecular flexibility index (Phi) is 7.05. The van der Waals surface area contributed by atoms with Gasteiger partial charge in [0.1, 0.15) is 23.2 Å². The van der Waals surface area contributed by atoms with E-state index in [0.717, 1.165) is 53.9 Å². The molecule has 8 nitrogen and oxygen atoms in total. The number of hydrogen-bond donors (Lipinski definition) is 1. The fraction of sp³-hybridized carbons (Fsp3) is 0.500. The second-order valence-corrected chi connectivity index (χ2v) is 8.51. The Hall–Kier alpha value is -2.23. The van der Waals surface area contributed by atoms with Gasteiger partial charge in [-0.1, -0.05) is 0 Å². The van der Waals surface area contributed by atoms with E-state index in [1.165, 1.54) is 0 Å². The lowest BCUT2D eigenvalue weighted by Crippen LogP contribution is -2.12. The Balaban J connectivity index is 1.70. The van der Waals surface area contributed by atoms with Gasteiger partial charge in [-0.05, 0) is 51.7 Å². The number of rotatable bonds is 9. The molecule has 0 saturated carbocycles. The first kappa shape index (κ1) is 21.5. The summed E-state index contributed by atoms with van der Waals surface area (Å²) in [5.74, 6) is 1.86. The molecular formula is C20H28N6O2S. The Morgan fingerprint density at radius 3 is 2.59 bits per heavy atom. The number of imidazole rings is 1. The maximum atomic E-state index is 12.2. The maximum Gasteiger partial charge on any atom is 0.342 e. The van der Waals surface area contributed by atoms with Gasteiger partial charge in [0.15, 0.2) is 5.82 Å². The minimum absolute atomic E-state index is 0.149. The number of pyridine rings is 1. The third-order valence-corrected chi connectivity index (χ3v) is 6.38. The second-order valence-electron chi connectivity index (χ2n) is 7.05. The Bertz CT molecular complexity index is 963. The fourth-order valence-corrected chi connectivity index (χ4v) is 4.34. The van der Waals surface area contributed by atoms with E-state index in [4.69, 9.17) is 15.5 Å². The number of nitrogens with two attached hydrogens (primary N) is 1. The molecule has 156 valence electrons. The van der Waals surface area contributed by atoms with Crippen LogP contribution in [0.25, 0.3) is 11.0 Å². The van der Waals surface area contributed by atoms with E-state index in [2.05, 4.69) is 19.5 Å². The van der Waals surface area contributed by atoms with Gasteiger partial charge in [0.25, 0.3) is 0 Å². The number of ether oxygens (including phenoxy) is 1. The lowest BCUT2D eigenvalue weighted by molar-refractivity contribution is 0.109. The zero-order valence-electron chi connectivity index (χ0n) is 17.4. The molecule has 2 atom stereocenters. The van der Waals surface area contributed by atoms with Gasteiger partial charge in [-0.3, -0.25) is 0 Å². The van der Waals surface area contributed by atoms with Crippen molar-refractivity contribution in [1.82, 2.24) is 24.5 Å². The highest BCUT2D eigenvalue weighted by Crippen LogP contribution is 2.29. The smallest absolute Gasteiger partial charge is 0.342 e. The molecule has 0 aromatic carbocycles. The van der Waals surface area contributed by atoms with Gasteiger partial charge in [-0.15, -0.1) is 0 Å². The van der Waals surface area contributed by atoms with Crippen molar-refractivity contribution in [3.63, 3.8) is 0 Å². The van der Waals surface area contributed by atoms with Crippen LogP contribution in [0.5, 0.6) is 0 Å². The minimum atomic E-state index is -1.16. The summed E-state index contributed by atoms with van der Waals surface area (Å²) in [6.07, 6.45) is 5.81. The molecule has 3 heterocycles. The van der Waals surface area contributed by atoms with Crippen LogP contribution < -0.4 is 5.73 Å². The number of nitrogens with zero attached hydrogens (tertiary/aromatic N) is 5. The molecular weight excluding hydrogens is 388 g/mol. The van der Waals surface area contributed by atoms with Gasteiger partial charge in [0.2, 0.25) is 0 Å². The minimum Gasteiger partial charge on any atom is -0.609 e. The van der Waals surface area contributed by atoms with Gasteiger partial charge in [0, 0.05) is 42.9 Å². The molecule has 0 fully saturated rings. The monoisotopic (exact) mass is 416 g/mol. The first-order valence-corrected chi connectivity index (χ1v) is 11.1. The predicted octanol–water partition coefficient (Wildman–Crippen LogP) is 3.11. The van der Waals surface area contributed by atoms with Crippen molar-refractivity contribution in [3.8, 4) is 0 Å². The summed E-state index contributed by atoms with van der Waals surface area (Å²) in [6.45, 7) is 6.78. The summed E-state index contributed by atoms with van der Waals surface area (Å²) < 4.78 is 20.0. The van der Waals surface area contributed by atoms with E-state index in [-0.39, 0.29) is 6.10 Å². The molecule has 3 rings (SSSR count). The molecule has 0 amide bonds. The Morgan fingerprint density at radius 2 is 1.90 bits per heavy atom. The molecule has 3 aromatic heterocycles. The number of methoxy groups -OCH3 is 1. The molecule has 0 aliphatic carbocycles. The normalized spacial score (nSPS) is 13.7. The SMILES string of the molecule is COC(C)c1nc2c(N)nc(C)c(C)c2n1CCCCC[S+]([O-])c1ncccn1. The molecule has 0 spiro atoms. The zero-order valence-corrected chi connectivity index (χ0v) is 18.2. The van der Waals surface area contributed by atoms with Crippen LogP contribution in [0, 0.1) is 13.8 Å². The molecule has 2 N–H and O–H groups in total. The first-order valence-electron chi connectivity index (χ1n) is 9.75. The molecule has 3 aromatic rings. The number of anilines is 1. The van der Waals surface area contributed by atoms with Crippen molar-refractivity contribution in [2.75, 3.05) is 18.6 Å². The van der Waals surface area contributed by atoms with Crippen molar-refractivity contribution >= 4 is 28.0 Å². The molecule has 2 unspecified atom stereocenters. The number of nitrogen functional groups attached to an aromatic ring is 1. The topological polar surface area (TPSA) is 115 Å². The first-order chi connectivity index (χ1) is 13.9. The lowest BCUT2D eigenvalue weighted by Gasteiger charge is -2.15. The molecule has 0 aliphatic rings. The second kappa shape index (κ2) is 9.51. The third kappa shape index (κ3) is 4.68. The summed E-state index contributed by atoms with van der Waals surface area (Å²) in [7, 11) is 1.68. The van der Waals surface area contributed by atoms with Crippen LogP contribution in [0.1, 0.15) is 49.4 Å². The highest BCUT2D eigenvalue weighted by molar-refractivity contribution is 7.91. The van der Waals surface area contributed by atoms with Gasteiger partial charge < -0.3 is 19.6 Å². The highest BCUT2D eigenvalue weighted by Gasteiger charge is 2.21. The summed E-state index contributed by atoms with van der Waals surface area (Å²) >= 11 is -1.16. The van der Waals surface area contributed by atoms with Crippen molar-refractivity contribution in [1.29, 1.82) is 0 Å². The maximum absolute atomic E-state index is 12.2. The predicted molar refractivity (Wildman–Crippen MR) is 114 cm³/mol. The molecule has 9 heteroatoms. The molecule has 0 saturated heterocycles. The molecule has 0 bridgehead atoms. The Morgan fingerprint density at radius 1 is 1.17 bits per heavy atom. The van der Waals surface area contributed by atoms with Crippen LogP contribution in [-0.4, -0.2) is 41.9 Å². The van der Waals surface area contributed by atoms with Crippen LogP contribution in [0.3, 0.4) is 0 Å². The summed E-state index contributed by atoms with van der Waals surface area (Å²) in [4.78, 5) is 17.3. The van der Waals surface area contributed by atoms with E-state index in [1.807, 2.05) is 20.8 Å². The number of hydrogen-bond acceptors (Lipinski definition) is 7. The lowest BCUT2D eigenvalue weighted by atomic mass is 10.2. The van der Waals surface area contributed by atoms with Gasteiger partial charge in [-0.2, -0.15) is 9.97 Å². The summed E-state index contributed by atoms with van der Waals surface area (Å²) in [5.41, 5.74) is 9.89. The number of aryl methyl sites for hydroxylation is 3. The van der Waals surface area contributed by atoms with E-state index < -0.39 is 11.2 Å². The number of aromatic nitrogens is 5. The van der Waals surface area contributed by atoms with Crippen LogP contribution in [0.4, 0.5) is 5.82 Å². The Labute approximate surface area is 174 Å².